The average molecular weight is 309 g/mol. The molecule has 3 nitrogen and oxygen atoms in total. The Balaban J connectivity index is 2.20. The molecule has 20 heavy (non-hydrogen) atoms. The van der Waals surface area contributed by atoms with Crippen molar-refractivity contribution in [3.8, 4) is 11.3 Å². The Bertz CT molecular complexity index is 622. The van der Waals surface area contributed by atoms with E-state index in [9.17, 15) is 4.79 Å². The average Bonchev–Trinajstić information content (AvgIpc) is 2.68. The summed E-state index contributed by atoms with van der Waals surface area (Å²) < 4.78 is 0. The van der Waals surface area contributed by atoms with E-state index in [1.807, 2.05) is 45.0 Å². The Morgan fingerprint density at radius 2 is 2.20 bits per heavy atom. The SMILES string of the molecule is Cc1sc(NC(=O)CC(C)C)nc1-c1cccc(Cl)c1. The number of nitrogens with zero attached hydrogens (tertiary/aromatic N) is 1. The minimum atomic E-state index is 0.00592. The van der Waals surface area contributed by atoms with Gasteiger partial charge in [-0.15, -0.1) is 11.3 Å². The maximum absolute atomic E-state index is 11.8. The van der Waals surface area contributed by atoms with Crippen LogP contribution in [0.4, 0.5) is 5.13 Å². The molecule has 0 unspecified atom stereocenters. The van der Waals surface area contributed by atoms with Gasteiger partial charge in [0.2, 0.25) is 5.91 Å². The zero-order chi connectivity index (χ0) is 14.7. The number of benzene rings is 1. The molecule has 1 heterocycles. The molecule has 5 heteroatoms. The van der Waals surface area contributed by atoms with E-state index < -0.39 is 0 Å². The number of hydrogen-bond acceptors (Lipinski definition) is 3. The highest BCUT2D eigenvalue weighted by atomic mass is 35.5. The van der Waals surface area contributed by atoms with Gasteiger partial charge in [0.05, 0.1) is 5.69 Å². The fourth-order valence-electron chi connectivity index (χ4n) is 1.89. The van der Waals surface area contributed by atoms with Crippen LogP contribution in [0, 0.1) is 12.8 Å². The molecule has 0 aliphatic heterocycles. The number of carbonyl (C=O) groups is 1. The zero-order valence-corrected chi connectivity index (χ0v) is 13.3. The fourth-order valence-corrected chi connectivity index (χ4v) is 2.94. The molecule has 0 bridgehead atoms. The van der Waals surface area contributed by atoms with Gasteiger partial charge in [-0.3, -0.25) is 4.79 Å². The van der Waals surface area contributed by atoms with Crippen LogP contribution in [0.5, 0.6) is 0 Å². The van der Waals surface area contributed by atoms with Gasteiger partial charge >= 0.3 is 0 Å². The molecule has 0 spiro atoms. The van der Waals surface area contributed by atoms with Gasteiger partial charge in [0.15, 0.2) is 5.13 Å². The molecule has 0 atom stereocenters. The van der Waals surface area contributed by atoms with Crippen LogP contribution in [-0.4, -0.2) is 10.9 Å². The molecule has 0 saturated carbocycles. The number of anilines is 1. The second-order valence-corrected chi connectivity index (χ2v) is 6.72. The number of aromatic nitrogens is 1. The molecule has 0 aliphatic rings. The van der Waals surface area contributed by atoms with Crippen molar-refractivity contribution in [1.82, 2.24) is 4.98 Å². The lowest BCUT2D eigenvalue weighted by molar-refractivity contribution is -0.116. The summed E-state index contributed by atoms with van der Waals surface area (Å²) in [5.74, 6) is 0.342. The highest BCUT2D eigenvalue weighted by Crippen LogP contribution is 2.31. The number of rotatable bonds is 4. The number of hydrogen-bond donors (Lipinski definition) is 1. The first kappa shape index (κ1) is 15.0. The molecule has 0 aliphatic carbocycles. The van der Waals surface area contributed by atoms with Crippen LogP contribution in [0.3, 0.4) is 0 Å². The van der Waals surface area contributed by atoms with E-state index in [0.29, 0.717) is 22.5 Å². The largest absolute Gasteiger partial charge is 0.302 e. The predicted octanol–water partition coefficient (Wildman–Crippen LogP) is 4.76. The fraction of sp³-hybridized carbons (Fsp3) is 0.333. The third kappa shape index (κ3) is 3.81. The number of aryl methyl sites for hydroxylation is 1. The molecule has 1 aromatic carbocycles. The van der Waals surface area contributed by atoms with E-state index in [4.69, 9.17) is 11.6 Å². The van der Waals surface area contributed by atoms with Crippen LogP contribution >= 0.6 is 22.9 Å². The summed E-state index contributed by atoms with van der Waals surface area (Å²) in [5.41, 5.74) is 1.84. The summed E-state index contributed by atoms with van der Waals surface area (Å²) in [4.78, 5) is 17.3. The summed E-state index contributed by atoms with van der Waals surface area (Å²) in [6.07, 6.45) is 0.505. The van der Waals surface area contributed by atoms with Gasteiger partial charge in [-0.25, -0.2) is 4.98 Å². The molecule has 1 aromatic heterocycles. The Morgan fingerprint density at radius 1 is 1.45 bits per heavy atom. The Hall–Kier alpha value is -1.39. The summed E-state index contributed by atoms with van der Waals surface area (Å²) in [6, 6.07) is 7.57. The lowest BCUT2D eigenvalue weighted by Gasteiger charge is -2.03. The molecule has 0 fully saturated rings. The first-order valence-corrected chi connectivity index (χ1v) is 7.68. The van der Waals surface area contributed by atoms with Crippen molar-refractivity contribution in [3.05, 3.63) is 34.2 Å². The lowest BCUT2D eigenvalue weighted by atomic mass is 10.1. The van der Waals surface area contributed by atoms with Gasteiger partial charge in [0.25, 0.3) is 0 Å². The minimum absolute atomic E-state index is 0.00592. The van der Waals surface area contributed by atoms with Crippen LogP contribution < -0.4 is 5.32 Å². The number of thiazole rings is 1. The Morgan fingerprint density at radius 3 is 2.85 bits per heavy atom. The van der Waals surface area contributed by atoms with E-state index in [2.05, 4.69) is 10.3 Å². The molecular formula is C15H17ClN2OS. The van der Waals surface area contributed by atoms with Crippen molar-refractivity contribution in [2.45, 2.75) is 27.2 Å². The smallest absolute Gasteiger partial charge is 0.226 e. The number of nitrogens with one attached hydrogen (secondary N) is 1. The number of carbonyl (C=O) groups excluding carboxylic acids is 1. The van der Waals surface area contributed by atoms with Crippen molar-refractivity contribution in [1.29, 1.82) is 0 Å². The molecule has 2 aromatic rings. The minimum Gasteiger partial charge on any atom is -0.302 e. The summed E-state index contributed by atoms with van der Waals surface area (Å²) >= 11 is 7.49. The van der Waals surface area contributed by atoms with E-state index in [0.717, 1.165) is 16.1 Å². The van der Waals surface area contributed by atoms with E-state index >= 15 is 0 Å². The van der Waals surface area contributed by atoms with Gasteiger partial charge in [-0.2, -0.15) is 0 Å². The van der Waals surface area contributed by atoms with Crippen molar-refractivity contribution in [3.63, 3.8) is 0 Å². The third-order valence-corrected chi connectivity index (χ3v) is 3.86. The van der Waals surface area contributed by atoms with Gasteiger partial charge in [0.1, 0.15) is 0 Å². The van der Waals surface area contributed by atoms with Crippen LogP contribution in [0.15, 0.2) is 24.3 Å². The van der Waals surface area contributed by atoms with Crippen molar-refractivity contribution in [2.24, 2.45) is 5.92 Å². The standard InChI is InChI=1S/C15H17ClN2OS/c1-9(2)7-13(19)17-15-18-14(10(3)20-15)11-5-4-6-12(16)8-11/h4-6,8-9H,7H2,1-3H3,(H,17,18,19). The zero-order valence-electron chi connectivity index (χ0n) is 11.7. The monoisotopic (exact) mass is 308 g/mol. The molecule has 106 valence electrons. The number of amides is 1. The second kappa shape index (κ2) is 6.37. The van der Waals surface area contributed by atoms with E-state index in [1.54, 1.807) is 0 Å². The van der Waals surface area contributed by atoms with Gasteiger partial charge in [-0.1, -0.05) is 37.6 Å². The van der Waals surface area contributed by atoms with Crippen LogP contribution in [-0.2, 0) is 4.79 Å². The highest BCUT2D eigenvalue weighted by Gasteiger charge is 2.13. The quantitative estimate of drug-likeness (QED) is 0.885. The van der Waals surface area contributed by atoms with E-state index in [-0.39, 0.29) is 5.91 Å². The van der Waals surface area contributed by atoms with Gasteiger partial charge in [0, 0.05) is 21.9 Å². The molecule has 2 rings (SSSR count). The number of halogens is 1. The van der Waals surface area contributed by atoms with E-state index in [1.165, 1.54) is 11.3 Å². The van der Waals surface area contributed by atoms with Crippen LogP contribution in [0.1, 0.15) is 25.1 Å². The maximum atomic E-state index is 11.8. The Kier molecular flexibility index (Phi) is 4.78. The topological polar surface area (TPSA) is 42.0 Å². The van der Waals surface area contributed by atoms with Gasteiger partial charge < -0.3 is 5.32 Å². The van der Waals surface area contributed by atoms with Crippen LogP contribution in [0.2, 0.25) is 5.02 Å². The lowest BCUT2D eigenvalue weighted by Crippen LogP contribution is -2.13. The first-order valence-electron chi connectivity index (χ1n) is 6.49. The molecular weight excluding hydrogens is 292 g/mol. The molecule has 0 radical (unpaired) electrons. The predicted molar refractivity (Wildman–Crippen MR) is 85.4 cm³/mol. The molecule has 1 N–H and O–H groups in total. The van der Waals surface area contributed by atoms with Crippen molar-refractivity contribution < 1.29 is 4.79 Å². The third-order valence-electron chi connectivity index (χ3n) is 2.73. The molecule has 1 amide bonds. The van der Waals surface area contributed by atoms with Gasteiger partial charge in [-0.05, 0) is 25.0 Å². The first-order chi connectivity index (χ1) is 9.45. The molecule has 0 saturated heterocycles. The maximum Gasteiger partial charge on any atom is 0.226 e. The van der Waals surface area contributed by atoms with Crippen molar-refractivity contribution >= 4 is 34.0 Å². The normalized spacial score (nSPS) is 10.8. The second-order valence-electron chi connectivity index (χ2n) is 5.08. The summed E-state index contributed by atoms with van der Waals surface area (Å²) in [7, 11) is 0. The summed E-state index contributed by atoms with van der Waals surface area (Å²) in [5, 5.41) is 4.18. The van der Waals surface area contributed by atoms with Crippen LogP contribution in [0.25, 0.3) is 11.3 Å². The Labute approximate surface area is 128 Å². The van der Waals surface area contributed by atoms with Crippen molar-refractivity contribution in [2.75, 3.05) is 5.32 Å². The highest BCUT2D eigenvalue weighted by molar-refractivity contribution is 7.16. The summed E-state index contributed by atoms with van der Waals surface area (Å²) in [6.45, 7) is 6.03.